The highest BCUT2D eigenvalue weighted by atomic mass is 35.5. The fourth-order valence-electron chi connectivity index (χ4n) is 3.31. The van der Waals surface area contributed by atoms with Crippen LogP contribution in [0.3, 0.4) is 0 Å². The van der Waals surface area contributed by atoms with Crippen LogP contribution in [-0.2, 0) is 14.1 Å². The van der Waals surface area contributed by atoms with Gasteiger partial charge in [-0.3, -0.25) is 13.9 Å². The minimum absolute atomic E-state index is 0.0946. The number of hydrogen-bond acceptors (Lipinski definition) is 3. The summed E-state index contributed by atoms with van der Waals surface area (Å²) >= 11 is 6.43. The number of halogens is 1. The maximum atomic E-state index is 13.0. The van der Waals surface area contributed by atoms with E-state index in [9.17, 15) is 14.7 Å². The summed E-state index contributed by atoms with van der Waals surface area (Å²) in [7, 11) is 3.07. The summed E-state index contributed by atoms with van der Waals surface area (Å²) in [6.07, 6.45) is 1.71. The Morgan fingerprint density at radius 3 is 2.41 bits per heavy atom. The zero-order valence-electron chi connectivity index (χ0n) is 14.7. The Bertz CT molecular complexity index is 1310. The third-order valence-corrected chi connectivity index (χ3v) is 5.01. The Labute approximate surface area is 159 Å². The fraction of sp³-hybridized carbons (Fsp3) is 0.100. The number of phenols is 1. The molecular formula is C20H16ClN3O3. The van der Waals surface area contributed by atoms with Crippen molar-refractivity contribution < 1.29 is 5.11 Å². The van der Waals surface area contributed by atoms with Crippen LogP contribution in [0.1, 0.15) is 0 Å². The fourth-order valence-corrected chi connectivity index (χ4v) is 3.53. The molecule has 7 heteroatoms. The van der Waals surface area contributed by atoms with Crippen LogP contribution in [0.2, 0.25) is 5.02 Å². The lowest BCUT2D eigenvalue weighted by molar-refractivity contribution is 0.475. The predicted molar refractivity (Wildman–Crippen MR) is 106 cm³/mol. The normalized spacial score (nSPS) is 11.2. The van der Waals surface area contributed by atoms with Crippen LogP contribution in [0, 0.1) is 0 Å². The second-order valence-corrected chi connectivity index (χ2v) is 6.72. The molecule has 2 aromatic heterocycles. The Hall–Kier alpha value is -3.25. The summed E-state index contributed by atoms with van der Waals surface area (Å²) in [6, 6.07) is 13.9. The number of nitrogens with zero attached hydrogens (tertiary/aromatic N) is 3. The molecule has 0 aliphatic heterocycles. The highest BCUT2D eigenvalue weighted by Crippen LogP contribution is 2.35. The monoisotopic (exact) mass is 381 g/mol. The number of benzene rings is 2. The molecule has 136 valence electrons. The molecule has 0 bridgehead atoms. The van der Waals surface area contributed by atoms with Crippen LogP contribution in [0.25, 0.3) is 27.8 Å². The first kappa shape index (κ1) is 17.2. The minimum Gasteiger partial charge on any atom is -0.508 e. The van der Waals surface area contributed by atoms with E-state index in [1.807, 2.05) is 24.3 Å². The Kier molecular flexibility index (Phi) is 3.93. The first-order valence-corrected chi connectivity index (χ1v) is 8.63. The zero-order valence-corrected chi connectivity index (χ0v) is 15.4. The molecule has 4 rings (SSSR count). The number of aromatic hydroxyl groups is 1. The van der Waals surface area contributed by atoms with Crippen LogP contribution in [0.15, 0.2) is 64.3 Å². The molecule has 0 saturated heterocycles. The van der Waals surface area contributed by atoms with Crippen LogP contribution >= 0.6 is 11.6 Å². The number of fused-ring (bicyclic) bond motifs is 1. The van der Waals surface area contributed by atoms with Crippen LogP contribution < -0.4 is 11.2 Å². The van der Waals surface area contributed by atoms with Gasteiger partial charge in [-0.15, -0.1) is 0 Å². The van der Waals surface area contributed by atoms with Crippen molar-refractivity contribution in [2.75, 3.05) is 0 Å². The molecule has 0 aliphatic carbocycles. The summed E-state index contributed by atoms with van der Waals surface area (Å²) in [4.78, 5) is 25.3. The van der Waals surface area contributed by atoms with E-state index in [2.05, 4.69) is 0 Å². The van der Waals surface area contributed by atoms with E-state index < -0.39 is 11.2 Å². The maximum Gasteiger partial charge on any atom is 0.330 e. The van der Waals surface area contributed by atoms with Gasteiger partial charge < -0.3 is 9.67 Å². The smallest absolute Gasteiger partial charge is 0.330 e. The van der Waals surface area contributed by atoms with E-state index in [-0.39, 0.29) is 5.75 Å². The Morgan fingerprint density at radius 1 is 0.963 bits per heavy atom. The number of phenolic OH excluding ortho intramolecular Hbond substituents is 1. The highest BCUT2D eigenvalue weighted by molar-refractivity contribution is 6.33. The van der Waals surface area contributed by atoms with E-state index in [4.69, 9.17) is 11.6 Å². The molecule has 0 amide bonds. The molecule has 4 aromatic rings. The van der Waals surface area contributed by atoms with Gasteiger partial charge in [-0.2, -0.15) is 0 Å². The molecule has 0 unspecified atom stereocenters. The quantitative estimate of drug-likeness (QED) is 0.580. The Morgan fingerprint density at radius 2 is 1.70 bits per heavy atom. The largest absolute Gasteiger partial charge is 0.508 e. The molecule has 6 nitrogen and oxygen atoms in total. The standard InChI is InChI=1S/C20H16ClN3O3/c1-22-16-11-24(12-6-5-7-13(25)10-12)18(14-8-3-4-9-15(14)21)17(16)19(26)23(2)20(22)27/h3-11,25H,1-2H3. The Balaban J connectivity index is 2.25. The number of hydrogen-bond donors (Lipinski definition) is 1. The molecule has 0 radical (unpaired) electrons. The first-order chi connectivity index (χ1) is 12.9. The zero-order chi connectivity index (χ0) is 19.3. The number of rotatable bonds is 2. The van der Waals surface area contributed by atoms with E-state index in [1.54, 1.807) is 42.1 Å². The van der Waals surface area contributed by atoms with Gasteiger partial charge in [0.15, 0.2) is 0 Å². The average molecular weight is 382 g/mol. The van der Waals surface area contributed by atoms with Crippen molar-refractivity contribution in [3.05, 3.63) is 80.6 Å². The molecule has 0 fully saturated rings. The van der Waals surface area contributed by atoms with Crippen molar-refractivity contribution in [3.8, 4) is 22.7 Å². The molecular weight excluding hydrogens is 366 g/mol. The molecule has 1 N–H and O–H groups in total. The van der Waals surface area contributed by atoms with Crippen LogP contribution in [0.4, 0.5) is 0 Å². The molecule has 0 saturated carbocycles. The molecule has 0 spiro atoms. The lowest BCUT2D eigenvalue weighted by Gasteiger charge is -2.11. The van der Waals surface area contributed by atoms with Gasteiger partial charge in [-0.25, -0.2) is 4.79 Å². The molecule has 2 aromatic carbocycles. The van der Waals surface area contributed by atoms with Crippen molar-refractivity contribution in [3.63, 3.8) is 0 Å². The molecule has 0 atom stereocenters. The minimum atomic E-state index is -0.411. The summed E-state index contributed by atoms with van der Waals surface area (Å²) in [5, 5.41) is 10.8. The van der Waals surface area contributed by atoms with Gasteiger partial charge in [0.05, 0.1) is 16.6 Å². The van der Waals surface area contributed by atoms with Gasteiger partial charge in [0.25, 0.3) is 5.56 Å². The van der Waals surface area contributed by atoms with E-state index in [0.29, 0.717) is 32.9 Å². The maximum absolute atomic E-state index is 13.0. The van der Waals surface area contributed by atoms with Crippen molar-refractivity contribution in [2.45, 2.75) is 0 Å². The van der Waals surface area contributed by atoms with E-state index in [1.165, 1.54) is 11.6 Å². The SMILES string of the molecule is Cn1c(=O)c2c(-c3ccccc3Cl)n(-c3cccc(O)c3)cc2n(C)c1=O. The summed E-state index contributed by atoms with van der Waals surface area (Å²) in [6.45, 7) is 0. The number of aryl methyl sites for hydroxylation is 1. The van der Waals surface area contributed by atoms with Gasteiger partial charge in [0.1, 0.15) is 5.75 Å². The van der Waals surface area contributed by atoms with Crippen molar-refractivity contribution >= 4 is 22.5 Å². The van der Waals surface area contributed by atoms with Gasteiger partial charge in [-0.05, 0) is 18.2 Å². The van der Waals surface area contributed by atoms with E-state index in [0.717, 1.165) is 4.57 Å². The highest BCUT2D eigenvalue weighted by Gasteiger charge is 2.21. The summed E-state index contributed by atoms with van der Waals surface area (Å²) < 4.78 is 4.28. The topological polar surface area (TPSA) is 69.2 Å². The van der Waals surface area contributed by atoms with Crippen molar-refractivity contribution in [1.82, 2.24) is 13.7 Å². The molecule has 2 heterocycles. The van der Waals surface area contributed by atoms with Gasteiger partial charge >= 0.3 is 5.69 Å². The third kappa shape index (κ3) is 2.57. The van der Waals surface area contributed by atoms with Gasteiger partial charge in [-0.1, -0.05) is 35.9 Å². The van der Waals surface area contributed by atoms with Crippen molar-refractivity contribution in [1.29, 1.82) is 0 Å². The molecule has 27 heavy (non-hydrogen) atoms. The average Bonchev–Trinajstić information content (AvgIpc) is 3.05. The lowest BCUT2D eigenvalue weighted by atomic mass is 10.1. The second kappa shape index (κ2) is 6.17. The second-order valence-electron chi connectivity index (χ2n) is 6.31. The van der Waals surface area contributed by atoms with Crippen LogP contribution in [0.5, 0.6) is 5.75 Å². The summed E-state index contributed by atoms with van der Waals surface area (Å²) in [5.74, 6) is 0.0946. The first-order valence-electron chi connectivity index (χ1n) is 8.25. The molecule has 0 aliphatic rings. The summed E-state index contributed by atoms with van der Waals surface area (Å²) in [5.41, 5.74) is 1.55. The third-order valence-electron chi connectivity index (χ3n) is 4.68. The van der Waals surface area contributed by atoms with Crippen molar-refractivity contribution in [2.24, 2.45) is 14.1 Å². The number of aromatic nitrogens is 3. The van der Waals surface area contributed by atoms with Gasteiger partial charge in [0, 0.05) is 42.6 Å². The predicted octanol–water partition coefficient (Wildman–Crippen LogP) is 3.05. The van der Waals surface area contributed by atoms with E-state index >= 15 is 0 Å². The van der Waals surface area contributed by atoms with Crippen LogP contribution in [-0.4, -0.2) is 18.8 Å². The lowest BCUT2D eigenvalue weighted by Crippen LogP contribution is -2.36. The van der Waals surface area contributed by atoms with Gasteiger partial charge in [0.2, 0.25) is 0 Å².